The molecule has 9 heteroatoms. The topological polar surface area (TPSA) is 68.7 Å². The fourth-order valence-electron chi connectivity index (χ4n) is 2.82. The van der Waals surface area contributed by atoms with Crippen LogP contribution in [0.4, 0.5) is 15.9 Å². The number of methoxy groups -OCH3 is 2. The van der Waals surface area contributed by atoms with Crippen LogP contribution in [0.2, 0.25) is 5.02 Å². The molecule has 30 heavy (non-hydrogen) atoms. The molecular formula is C21H24ClFN4O3. The van der Waals surface area contributed by atoms with Gasteiger partial charge in [0.25, 0.3) is 0 Å². The molecule has 3 aromatic rings. The Hall–Kier alpha value is -2.68. The molecule has 0 fully saturated rings. The lowest BCUT2D eigenvalue weighted by Crippen LogP contribution is -2.27. The summed E-state index contributed by atoms with van der Waals surface area (Å²) in [6, 6.07) is 7.96. The van der Waals surface area contributed by atoms with Crippen molar-refractivity contribution < 1.29 is 18.6 Å². The summed E-state index contributed by atoms with van der Waals surface area (Å²) in [5.74, 6) is 1.09. The number of fused-ring (bicyclic) bond motifs is 1. The van der Waals surface area contributed by atoms with Crippen LogP contribution in [0.5, 0.6) is 11.5 Å². The zero-order valence-electron chi connectivity index (χ0n) is 17.1. The molecule has 0 bridgehead atoms. The van der Waals surface area contributed by atoms with Crippen LogP contribution in [0.1, 0.15) is 0 Å². The Morgan fingerprint density at radius 2 is 1.87 bits per heavy atom. The number of likely N-dealkylation sites (N-methyl/N-ethyl adjacent to an activating group) is 1. The molecule has 2 aromatic carbocycles. The van der Waals surface area contributed by atoms with Crippen LogP contribution in [-0.2, 0) is 4.74 Å². The van der Waals surface area contributed by atoms with Gasteiger partial charge in [0.1, 0.15) is 24.6 Å². The third-order valence-electron chi connectivity index (χ3n) is 4.51. The van der Waals surface area contributed by atoms with Crippen molar-refractivity contribution in [1.82, 2.24) is 14.9 Å². The van der Waals surface area contributed by atoms with Crippen molar-refractivity contribution in [3.8, 4) is 11.5 Å². The number of nitrogens with one attached hydrogen (secondary N) is 1. The molecule has 0 saturated heterocycles. The Morgan fingerprint density at radius 3 is 2.60 bits per heavy atom. The summed E-state index contributed by atoms with van der Waals surface area (Å²) in [6.07, 6.45) is 1.41. The molecule has 7 nitrogen and oxygen atoms in total. The van der Waals surface area contributed by atoms with Gasteiger partial charge >= 0.3 is 0 Å². The first-order valence-corrected chi connectivity index (χ1v) is 9.74. The Bertz CT molecular complexity index is 1010. The average molecular weight is 435 g/mol. The zero-order chi connectivity index (χ0) is 21.5. The molecule has 1 N–H and O–H groups in total. The molecule has 0 radical (unpaired) electrons. The summed E-state index contributed by atoms with van der Waals surface area (Å²) in [7, 11) is 5.24. The van der Waals surface area contributed by atoms with E-state index in [1.165, 1.54) is 12.4 Å². The van der Waals surface area contributed by atoms with Crippen molar-refractivity contribution in [2.24, 2.45) is 0 Å². The second kappa shape index (κ2) is 10.4. The van der Waals surface area contributed by atoms with Gasteiger partial charge in [-0.2, -0.15) is 0 Å². The third-order valence-corrected chi connectivity index (χ3v) is 4.75. The number of hydrogen-bond acceptors (Lipinski definition) is 7. The Morgan fingerprint density at radius 1 is 1.07 bits per heavy atom. The van der Waals surface area contributed by atoms with Gasteiger partial charge in [-0.05, 0) is 31.3 Å². The van der Waals surface area contributed by atoms with Gasteiger partial charge in [0.05, 0.1) is 24.9 Å². The first-order chi connectivity index (χ1) is 14.5. The van der Waals surface area contributed by atoms with E-state index in [4.69, 9.17) is 25.8 Å². The number of aromatic nitrogens is 2. The summed E-state index contributed by atoms with van der Waals surface area (Å²) in [4.78, 5) is 10.7. The molecule has 1 aromatic heterocycles. The lowest BCUT2D eigenvalue weighted by Gasteiger charge is -2.18. The fraction of sp³-hybridized carbons (Fsp3) is 0.333. The second-order valence-electron chi connectivity index (χ2n) is 6.64. The fourth-order valence-corrected chi connectivity index (χ4v) is 2.98. The van der Waals surface area contributed by atoms with E-state index in [1.807, 2.05) is 7.05 Å². The van der Waals surface area contributed by atoms with Gasteiger partial charge in [-0.1, -0.05) is 11.6 Å². The van der Waals surface area contributed by atoms with Crippen molar-refractivity contribution in [2.75, 3.05) is 52.9 Å². The molecule has 0 spiro atoms. The highest BCUT2D eigenvalue weighted by molar-refractivity contribution is 6.30. The molecule has 0 aliphatic rings. The Balaban J connectivity index is 1.81. The van der Waals surface area contributed by atoms with E-state index in [0.717, 1.165) is 13.1 Å². The first kappa shape index (κ1) is 22.0. The van der Waals surface area contributed by atoms with E-state index in [-0.39, 0.29) is 5.69 Å². The minimum absolute atomic E-state index is 0.262. The van der Waals surface area contributed by atoms with Gasteiger partial charge in [-0.15, -0.1) is 0 Å². The Kier molecular flexibility index (Phi) is 7.62. The normalized spacial score (nSPS) is 11.1. The Labute approximate surface area is 179 Å². The third kappa shape index (κ3) is 5.47. The number of nitrogens with zero attached hydrogens (tertiary/aromatic N) is 3. The van der Waals surface area contributed by atoms with Crippen LogP contribution in [0.25, 0.3) is 10.9 Å². The molecule has 1 heterocycles. The van der Waals surface area contributed by atoms with Gasteiger partial charge in [0, 0.05) is 36.7 Å². The zero-order valence-corrected chi connectivity index (χ0v) is 17.9. The summed E-state index contributed by atoms with van der Waals surface area (Å²) in [6.45, 7) is 2.69. The SMILES string of the molecule is COCCN(C)CCOc1cc2ncnc(Nc3ccc(Cl)cc3F)c2cc1OC. The highest BCUT2D eigenvalue weighted by Gasteiger charge is 2.13. The summed E-state index contributed by atoms with van der Waals surface area (Å²) >= 11 is 5.82. The van der Waals surface area contributed by atoms with Gasteiger partial charge in [-0.3, -0.25) is 0 Å². The molecule has 0 aliphatic heterocycles. The van der Waals surface area contributed by atoms with Crippen LogP contribution in [0, 0.1) is 5.82 Å². The van der Waals surface area contributed by atoms with Crippen molar-refractivity contribution in [3.63, 3.8) is 0 Å². The molecule has 0 unspecified atom stereocenters. The number of halogens is 2. The van der Waals surface area contributed by atoms with E-state index < -0.39 is 5.82 Å². The maximum absolute atomic E-state index is 14.2. The predicted octanol–water partition coefficient (Wildman–Crippen LogP) is 4.13. The first-order valence-electron chi connectivity index (χ1n) is 9.37. The monoisotopic (exact) mass is 434 g/mol. The van der Waals surface area contributed by atoms with E-state index >= 15 is 0 Å². The molecule has 0 atom stereocenters. The highest BCUT2D eigenvalue weighted by Crippen LogP contribution is 2.35. The minimum atomic E-state index is -0.473. The van der Waals surface area contributed by atoms with Gasteiger partial charge in [0.15, 0.2) is 11.5 Å². The summed E-state index contributed by atoms with van der Waals surface area (Å²) in [5.41, 5.74) is 0.906. The molecule has 0 amide bonds. The molecule has 0 saturated carbocycles. The highest BCUT2D eigenvalue weighted by atomic mass is 35.5. The van der Waals surface area contributed by atoms with E-state index in [2.05, 4.69) is 20.2 Å². The minimum Gasteiger partial charge on any atom is -0.493 e. The van der Waals surface area contributed by atoms with Gasteiger partial charge < -0.3 is 24.4 Å². The van der Waals surface area contributed by atoms with E-state index in [9.17, 15) is 4.39 Å². The number of hydrogen-bond donors (Lipinski definition) is 1. The summed E-state index contributed by atoms with van der Waals surface area (Å²) < 4.78 is 30.7. The molecular weight excluding hydrogens is 411 g/mol. The largest absolute Gasteiger partial charge is 0.493 e. The van der Waals surface area contributed by atoms with Crippen LogP contribution in [0.15, 0.2) is 36.7 Å². The van der Waals surface area contributed by atoms with Gasteiger partial charge in [0.2, 0.25) is 0 Å². The lowest BCUT2D eigenvalue weighted by molar-refractivity contribution is 0.149. The smallest absolute Gasteiger partial charge is 0.163 e. The standard InChI is InChI=1S/C21H24ClFN4O3/c1-27(6-8-28-2)7-9-30-20-12-18-15(11-19(20)29-3)21(25-13-24-18)26-17-5-4-14(22)10-16(17)23/h4-5,10-13H,6-9H2,1-3H3,(H,24,25,26). The number of benzene rings is 2. The maximum Gasteiger partial charge on any atom is 0.163 e. The molecule has 0 aliphatic carbocycles. The van der Waals surface area contributed by atoms with Crippen molar-refractivity contribution in [3.05, 3.63) is 47.5 Å². The second-order valence-corrected chi connectivity index (χ2v) is 7.07. The van der Waals surface area contributed by atoms with Crippen LogP contribution in [0.3, 0.4) is 0 Å². The van der Waals surface area contributed by atoms with Crippen molar-refractivity contribution in [1.29, 1.82) is 0 Å². The quantitative estimate of drug-likeness (QED) is 0.514. The van der Waals surface area contributed by atoms with Crippen LogP contribution < -0.4 is 14.8 Å². The van der Waals surface area contributed by atoms with Crippen LogP contribution in [-0.4, -0.2) is 62.4 Å². The van der Waals surface area contributed by atoms with E-state index in [0.29, 0.717) is 46.5 Å². The van der Waals surface area contributed by atoms with Crippen LogP contribution >= 0.6 is 11.6 Å². The molecule has 3 rings (SSSR count). The molecule has 160 valence electrons. The number of anilines is 2. The van der Waals surface area contributed by atoms with Crippen molar-refractivity contribution >= 4 is 34.0 Å². The van der Waals surface area contributed by atoms with Crippen molar-refractivity contribution in [2.45, 2.75) is 0 Å². The lowest BCUT2D eigenvalue weighted by atomic mass is 10.2. The number of rotatable bonds is 10. The predicted molar refractivity (Wildman–Crippen MR) is 116 cm³/mol. The average Bonchev–Trinajstić information content (AvgIpc) is 2.73. The number of ether oxygens (including phenoxy) is 3. The maximum atomic E-state index is 14.2. The van der Waals surface area contributed by atoms with E-state index in [1.54, 1.807) is 38.5 Å². The van der Waals surface area contributed by atoms with Gasteiger partial charge in [-0.25, -0.2) is 14.4 Å². The summed E-state index contributed by atoms with van der Waals surface area (Å²) in [5, 5.41) is 3.99.